The normalized spacial score (nSPS) is 10.7. The molecular formula is C21H26N2O3. The van der Waals surface area contributed by atoms with Gasteiger partial charge in [-0.2, -0.15) is 0 Å². The standard InChI is InChI=1S/C21H26N2O3/c1-14(2)16-7-5-10-19(11-16)26-13-20(24)22-17-8-6-9-18(12-17)23-21(25)15(3)4/h5-12,14-15H,13H2,1-4H3,(H,22,24)(H,23,25). The van der Waals surface area contributed by atoms with E-state index < -0.39 is 0 Å². The number of amides is 2. The minimum absolute atomic E-state index is 0.0677. The Labute approximate surface area is 154 Å². The molecule has 2 N–H and O–H groups in total. The van der Waals surface area contributed by atoms with Crippen molar-refractivity contribution < 1.29 is 14.3 Å². The lowest BCUT2D eigenvalue weighted by molar-refractivity contribution is -0.119. The number of hydrogen-bond acceptors (Lipinski definition) is 3. The molecule has 0 fully saturated rings. The van der Waals surface area contributed by atoms with Crippen LogP contribution in [0.5, 0.6) is 5.75 Å². The van der Waals surface area contributed by atoms with Crippen molar-refractivity contribution in [1.82, 2.24) is 0 Å². The van der Waals surface area contributed by atoms with Gasteiger partial charge in [-0.1, -0.05) is 45.9 Å². The zero-order chi connectivity index (χ0) is 19.1. The number of hydrogen-bond donors (Lipinski definition) is 2. The van der Waals surface area contributed by atoms with E-state index in [1.807, 2.05) is 38.1 Å². The van der Waals surface area contributed by atoms with Crippen LogP contribution >= 0.6 is 0 Å². The lowest BCUT2D eigenvalue weighted by atomic mass is 10.0. The second-order valence-electron chi connectivity index (χ2n) is 6.79. The third kappa shape index (κ3) is 5.92. The molecule has 0 aliphatic carbocycles. The molecule has 0 bridgehead atoms. The maximum absolute atomic E-state index is 12.1. The topological polar surface area (TPSA) is 67.4 Å². The molecule has 0 unspecified atom stereocenters. The molecule has 2 aromatic rings. The number of ether oxygens (including phenoxy) is 1. The number of benzene rings is 2. The minimum atomic E-state index is -0.257. The van der Waals surface area contributed by atoms with Gasteiger partial charge in [0.25, 0.3) is 5.91 Å². The van der Waals surface area contributed by atoms with Crippen LogP contribution in [0.15, 0.2) is 48.5 Å². The third-order valence-electron chi connectivity index (χ3n) is 3.83. The first-order valence-corrected chi connectivity index (χ1v) is 8.78. The molecule has 0 saturated carbocycles. The summed E-state index contributed by atoms with van der Waals surface area (Å²) in [7, 11) is 0. The highest BCUT2D eigenvalue weighted by molar-refractivity contribution is 5.95. The molecular weight excluding hydrogens is 328 g/mol. The van der Waals surface area contributed by atoms with Gasteiger partial charge in [0.15, 0.2) is 6.61 Å². The van der Waals surface area contributed by atoms with E-state index in [1.165, 1.54) is 0 Å². The van der Waals surface area contributed by atoms with Crippen LogP contribution in [0.4, 0.5) is 11.4 Å². The highest BCUT2D eigenvalue weighted by atomic mass is 16.5. The van der Waals surface area contributed by atoms with E-state index in [1.54, 1.807) is 24.3 Å². The Morgan fingerprint density at radius 3 is 2.23 bits per heavy atom. The molecule has 0 aliphatic rings. The summed E-state index contributed by atoms with van der Waals surface area (Å²) in [6.07, 6.45) is 0. The van der Waals surface area contributed by atoms with E-state index in [-0.39, 0.29) is 24.3 Å². The van der Waals surface area contributed by atoms with Crippen LogP contribution in [-0.4, -0.2) is 18.4 Å². The Morgan fingerprint density at radius 2 is 1.58 bits per heavy atom. The Hall–Kier alpha value is -2.82. The van der Waals surface area contributed by atoms with Crippen LogP contribution in [0.1, 0.15) is 39.2 Å². The molecule has 5 heteroatoms. The van der Waals surface area contributed by atoms with Gasteiger partial charge in [-0.15, -0.1) is 0 Å². The predicted octanol–water partition coefficient (Wildman–Crippen LogP) is 4.42. The highest BCUT2D eigenvalue weighted by Gasteiger charge is 2.09. The van der Waals surface area contributed by atoms with Crippen molar-refractivity contribution in [2.24, 2.45) is 5.92 Å². The fourth-order valence-corrected chi connectivity index (χ4v) is 2.27. The molecule has 0 radical (unpaired) electrons. The van der Waals surface area contributed by atoms with Crippen molar-refractivity contribution in [3.05, 3.63) is 54.1 Å². The highest BCUT2D eigenvalue weighted by Crippen LogP contribution is 2.20. The molecule has 2 aromatic carbocycles. The summed E-state index contributed by atoms with van der Waals surface area (Å²) in [5.41, 5.74) is 2.42. The van der Waals surface area contributed by atoms with Crippen LogP contribution in [-0.2, 0) is 9.59 Å². The first-order valence-electron chi connectivity index (χ1n) is 8.78. The molecule has 2 rings (SSSR count). The number of carbonyl (C=O) groups excluding carboxylic acids is 2. The zero-order valence-corrected chi connectivity index (χ0v) is 15.7. The number of rotatable bonds is 7. The van der Waals surface area contributed by atoms with Crippen molar-refractivity contribution in [1.29, 1.82) is 0 Å². The van der Waals surface area contributed by atoms with Crippen LogP contribution in [0.2, 0.25) is 0 Å². The van der Waals surface area contributed by atoms with Gasteiger partial charge in [0.2, 0.25) is 5.91 Å². The van der Waals surface area contributed by atoms with Gasteiger partial charge in [0.1, 0.15) is 5.75 Å². The first kappa shape index (κ1) is 19.5. The van der Waals surface area contributed by atoms with Gasteiger partial charge in [-0.05, 0) is 41.8 Å². The minimum Gasteiger partial charge on any atom is -0.484 e. The molecule has 0 atom stereocenters. The number of anilines is 2. The summed E-state index contributed by atoms with van der Waals surface area (Å²) in [5.74, 6) is 0.637. The van der Waals surface area contributed by atoms with E-state index in [0.717, 1.165) is 5.56 Å². The summed E-state index contributed by atoms with van der Waals surface area (Å²) in [5, 5.41) is 5.59. The van der Waals surface area contributed by atoms with Crippen LogP contribution in [0.3, 0.4) is 0 Å². The van der Waals surface area contributed by atoms with E-state index in [4.69, 9.17) is 4.74 Å². The molecule has 138 valence electrons. The SMILES string of the molecule is CC(C)C(=O)Nc1cccc(NC(=O)COc2cccc(C(C)C)c2)c1. The Morgan fingerprint density at radius 1 is 0.923 bits per heavy atom. The summed E-state index contributed by atoms with van der Waals surface area (Å²) in [6, 6.07) is 14.8. The molecule has 26 heavy (non-hydrogen) atoms. The number of carbonyl (C=O) groups is 2. The van der Waals surface area contributed by atoms with Crippen molar-refractivity contribution >= 4 is 23.2 Å². The van der Waals surface area contributed by atoms with E-state index in [0.29, 0.717) is 23.0 Å². The van der Waals surface area contributed by atoms with E-state index in [2.05, 4.69) is 24.5 Å². The zero-order valence-electron chi connectivity index (χ0n) is 15.7. The van der Waals surface area contributed by atoms with Gasteiger partial charge in [0.05, 0.1) is 0 Å². The third-order valence-corrected chi connectivity index (χ3v) is 3.83. The van der Waals surface area contributed by atoms with Crippen LogP contribution in [0.25, 0.3) is 0 Å². The molecule has 0 heterocycles. The van der Waals surface area contributed by atoms with Gasteiger partial charge in [-0.25, -0.2) is 0 Å². The molecule has 0 aliphatic heterocycles. The quantitative estimate of drug-likeness (QED) is 0.773. The van der Waals surface area contributed by atoms with Gasteiger partial charge < -0.3 is 15.4 Å². The average molecular weight is 354 g/mol. The van der Waals surface area contributed by atoms with Crippen LogP contribution in [0, 0.1) is 5.92 Å². The maximum Gasteiger partial charge on any atom is 0.262 e. The number of nitrogens with one attached hydrogen (secondary N) is 2. The fraction of sp³-hybridized carbons (Fsp3) is 0.333. The largest absolute Gasteiger partial charge is 0.484 e. The lowest BCUT2D eigenvalue weighted by Crippen LogP contribution is -2.21. The van der Waals surface area contributed by atoms with Gasteiger partial charge >= 0.3 is 0 Å². The van der Waals surface area contributed by atoms with Gasteiger partial charge in [0, 0.05) is 17.3 Å². The summed E-state index contributed by atoms with van der Waals surface area (Å²) in [6.45, 7) is 7.79. The smallest absolute Gasteiger partial charge is 0.262 e. The molecule has 2 amide bonds. The first-order chi connectivity index (χ1) is 12.3. The Balaban J connectivity index is 1.91. The molecule has 0 spiro atoms. The average Bonchev–Trinajstić information content (AvgIpc) is 2.60. The Kier molecular flexibility index (Phi) is 6.78. The van der Waals surface area contributed by atoms with E-state index in [9.17, 15) is 9.59 Å². The van der Waals surface area contributed by atoms with Crippen molar-refractivity contribution in [2.45, 2.75) is 33.6 Å². The molecule has 5 nitrogen and oxygen atoms in total. The fourth-order valence-electron chi connectivity index (χ4n) is 2.27. The van der Waals surface area contributed by atoms with Crippen molar-refractivity contribution in [2.75, 3.05) is 17.2 Å². The predicted molar refractivity (Wildman–Crippen MR) is 105 cm³/mol. The summed E-state index contributed by atoms with van der Waals surface area (Å²) in [4.78, 5) is 23.9. The van der Waals surface area contributed by atoms with Crippen molar-refractivity contribution in [3.63, 3.8) is 0 Å². The second kappa shape index (κ2) is 9.04. The summed E-state index contributed by atoms with van der Waals surface area (Å²) >= 11 is 0. The van der Waals surface area contributed by atoms with Crippen LogP contribution < -0.4 is 15.4 Å². The maximum atomic E-state index is 12.1. The van der Waals surface area contributed by atoms with Gasteiger partial charge in [-0.3, -0.25) is 9.59 Å². The molecule has 0 aromatic heterocycles. The Bertz CT molecular complexity index is 769. The monoisotopic (exact) mass is 354 g/mol. The lowest BCUT2D eigenvalue weighted by Gasteiger charge is -2.12. The molecule has 0 saturated heterocycles. The van der Waals surface area contributed by atoms with E-state index >= 15 is 0 Å². The second-order valence-corrected chi connectivity index (χ2v) is 6.79. The summed E-state index contributed by atoms with van der Waals surface area (Å²) < 4.78 is 5.58. The van der Waals surface area contributed by atoms with Crippen molar-refractivity contribution in [3.8, 4) is 5.75 Å².